The summed E-state index contributed by atoms with van der Waals surface area (Å²) in [4.78, 5) is 0. The van der Waals surface area contributed by atoms with Crippen molar-refractivity contribution in [3.05, 3.63) is 86.6 Å². The van der Waals surface area contributed by atoms with E-state index in [4.69, 9.17) is 44.3 Å². The minimum Gasteiger partial charge on any atom is -0.490 e. The molecule has 0 atom stereocenters. The van der Waals surface area contributed by atoms with Crippen LogP contribution in [0, 0.1) is 5.82 Å². The Hall–Kier alpha value is -2.14. The number of ether oxygens (including phenoxy) is 2. The summed E-state index contributed by atoms with van der Waals surface area (Å²) in [5.41, 5.74) is 2.39. The van der Waals surface area contributed by atoms with Crippen LogP contribution in [0.5, 0.6) is 11.5 Å². The van der Waals surface area contributed by atoms with Gasteiger partial charge in [0.1, 0.15) is 12.4 Å². The molecular formula is C22H19Cl3FNO2. The first-order valence-corrected chi connectivity index (χ1v) is 10.1. The average Bonchev–Trinajstić information content (AvgIpc) is 2.69. The highest BCUT2D eigenvalue weighted by atomic mass is 35.5. The summed E-state index contributed by atoms with van der Waals surface area (Å²) in [5.74, 6) is 0.787. The summed E-state index contributed by atoms with van der Waals surface area (Å²) in [5, 5.41) is 4.39. The molecule has 0 amide bonds. The highest BCUT2D eigenvalue weighted by Crippen LogP contribution is 2.34. The Morgan fingerprint density at radius 2 is 1.72 bits per heavy atom. The minimum atomic E-state index is -0.459. The van der Waals surface area contributed by atoms with E-state index in [9.17, 15) is 4.39 Å². The lowest BCUT2D eigenvalue weighted by atomic mass is 10.1. The van der Waals surface area contributed by atoms with Crippen LogP contribution in [0.2, 0.25) is 15.1 Å². The van der Waals surface area contributed by atoms with Gasteiger partial charge in [0.2, 0.25) is 0 Å². The van der Waals surface area contributed by atoms with Crippen molar-refractivity contribution < 1.29 is 13.9 Å². The maximum atomic E-state index is 13.4. The molecule has 0 fully saturated rings. The molecule has 1 N–H and O–H groups in total. The molecule has 0 aliphatic rings. The summed E-state index contributed by atoms with van der Waals surface area (Å²) in [6.07, 6.45) is 0. The van der Waals surface area contributed by atoms with E-state index < -0.39 is 5.82 Å². The molecule has 3 aromatic carbocycles. The molecule has 3 rings (SSSR count). The Morgan fingerprint density at radius 3 is 2.45 bits per heavy atom. The van der Waals surface area contributed by atoms with Crippen molar-refractivity contribution in [3.8, 4) is 11.5 Å². The SMILES string of the molecule is CCOc1cccc(CNc2ccc(F)c(Cl)c2)c1OCc1ccc(Cl)cc1Cl. The second-order valence-electron chi connectivity index (χ2n) is 6.18. The third kappa shape index (κ3) is 5.69. The van der Waals surface area contributed by atoms with E-state index in [0.29, 0.717) is 40.4 Å². The van der Waals surface area contributed by atoms with Gasteiger partial charge < -0.3 is 14.8 Å². The van der Waals surface area contributed by atoms with Crippen molar-refractivity contribution in [2.24, 2.45) is 0 Å². The molecule has 0 aliphatic carbocycles. The maximum absolute atomic E-state index is 13.4. The van der Waals surface area contributed by atoms with Crippen LogP contribution in [0.25, 0.3) is 0 Å². The van der Waals surface area contributed by atoms with Crippen molar-refractivity contribution in [1.82, 2.24) is 0 Å². The third-order valence-corrected chi connectivity index (χ3v) is 5.03. The Kier molecular flexibility index (Phi) is 7.48. The minimum absolute atomic E-state index is 0.0620. The Labute approximate surface area is 184 Å². The first-order chi connectivity index (χ1) is 14.0. The molecule has 0 aromatic heterocycles. The standard InChI is InChI=1S/C22H19Cl3FNO2/c1-2-28-21-5-3-4-14(12-27-17-8-9-20(26)19(25)11-17)22(21)29-13-15-6-7-16(23)10-18(15)24/h3-11,27H,2,12-13H2,1H3. The molecule has 29 heavy (non-hydrogen) atoms. The molecule has 3 aromatic rings. The van der Waals surface area contributed by atoms with Gasteiger partial charge in [-0.3, -0.25) is 0 Å². The normalized spacial score (nSPS) is 10.7. The molecule has 7 heteroatoms. The van der Waals surface area contributed by atoms with Gasteiger partial charge >= 0.3 is 0 Å². The number of anilines is 1. The van der Waals surface area contributed by atoms with Gasteiger partial charge in [0, 0.05) is 33.4 Å². The molecule has 0 aliphatic heterocycles. The molecule has 0 saturated carbocycles. The van der Waals surface area contributed by atoms with E-state index in [0.717, 1.165) is 11.1 Å². The fourth-order valence-electron chi connectivity index (χ4n) is 2.73. The molecule has 0 saturated heterocycles. The van der Waals surface area contributed by atoms with Crippen LogP contribution in [0.4, 0.5) is 10.1 Å². The summed E-state index contributed by atoms with van der Waals surface area (Å²) >= 11 is 18.1. The lowest BCUT2D eigenvalue weighted by Crippen LogP contribution is -2.06. The zero-order valence-corrected chi connectivity index (χ0v) is 17.9. The smallest absolute Gasteiger partial charge is 0.166 e. The van der Waals surface area contributed by atoms with Gasteiger partial charge in [-0.1, -0.05) is 53.0 Å². The molecule has 0 radical (unpaired) electrons. The van der Waals surface area contributed by atoms with Crippen LogP contribution >= 0.6 is 34.8 Å². The highest BCUT2D eigenvalue weighted by molar-refractivity contribution is 6.35. The predicted molar refractivity (Wildman–Crippen MR) is 117 cm³/mol. The molecule has 3 nitrogen and oxygen atoms in total. The lowest BCUT2D eigenvalue weighted by molar-refractivity contribution is 0.267. The Bertz CT molecular complexity index is 998. The van der Waals surface area contributed by atoms with Crippen LogP contribution in [-0.2, 0) is 13.2 Å². The first kappa shape index (κ1) is 21.6. The van der Waals surface area contributed by atoms with Crippen LogP contribution in [0.1, 0.15) is 18.1 Å². The van der Waals surface area contributed by atoms with Crippen LogP contribution in [-0.4, -0.2) is 6.61 Å². The molecule has 0 spiro atoms. The van der Waals surface area contributed by atoms with Crippen LogP contribution in [0.15, 0.2) is 54.6 Å². The summed E-state index contributed by atoms with van der Waals surface area (Å²) < 4.78 is 25.2. The van der Waals surface area contributed by atoms with Crippen molar-refractivity contribution in [3.63, 3.8) is 0 Å². The van der Waals surface area contributed by atoms with Gasteiger partial charge in [0.25, 0.3) is 0 Å². The monoisotopic (exact) mass is 453 g/mol. The van der Waals surface area contributed by atoms with Gasteiger partial charge in [-0.15, -0.1) is 0 Å². The quantitative estimate of drug-likeness (QED) is 0.385. The topological polar surface area (TPSA) is 30.5 Å². The van der Waals surface area contributed by atoms with Gasteiger partial charge in [-0.25, -0.2) is 4.39 Å². The predicted octanol–water partition coefficient (Wildman–Crippen LogP) is 7.38. The van der Waals surface area contributed by atoms with Gasteiger partial charge in [0.15, 0.2) is 11.5 Å². The fraction of sp³-hybridized carbons (Fsp3) is 0.182. The van der Waals surface area contributed by atoms with Crippen molar-refractivity contribution in [2.45, 2.75) is 20.1 Å². The van der Waals surface area contributed by atoms with Crippen LogP contribution in [0.3, 0.4) is 0 Å². The molecule has 0 unspecified atom stereocenters. The van der Waals surface area contributed by atoms with E-state index in [-0.39, 0.29) is 11.6 Å². The van der Waals surface area contributed by atoms with E-state index in [1.807, 2.05) is 31.2 Å². The highest BCUT2D eigenvalue weighted by Gasteiger charge is 2.13. The zero-order valence-electron chi connectivity index (χ0n) is 15.6. The summed E-state index contributed by atoms with van der Waals surface area (Å²) in [6.45, 7) is 3.11. The summed E-state index contributed by atoms with van der Waals surface area (Å²) in [6, 6.07) is 15.4. The second-order valence-corrected chi connectivity index (χ2v) is 7.44. The Balaban J connectivity index is 1.80. The largest absolute Gasteiger partial charge is 0.490 e. The number of hydrogen-bond acceptors (Lipinski definition) is 3. The van der Waals surface area contributed by atoms with Crippen LogP contribution < -0.4 is 14.8 Å². The number of benzene rings is 3. The second kappa shape index (κ2) is 10.1. The summed E-state index contributed by atoms with van der Waals surface area (Å²) in [7, 11) is 0. The number of hydrogen-bond donors (Lipinski definition) is 1. The molecule has 0 heterocycles. The van der Waals surface area contributed by atoms with Gasteiger partial charge in [-0.2, -0.15) is 0 Å². The molecule has 0 bridgehead atoms. The lowest BCUT2D eigenvalue weighted by Gasteiger charge is -2.17. The van der Waals surface area contributed by atoms with E-state index in [2.05, 4.69) is 5.32 Å². The van der Waals surface area contributed by atoms with Crippen molar-refractivity contribution in [1.29, 1.82) is 0 Å². The van der Waals surface area contributed by atoms with E-state index in [1.54, 1.807) is 18.2 Å². The van der Waals surface area contributed by atoms with E-state index in [1.165, 1.54) is 12.1 Å². The fourth-order valence-corrected chi connectivity index (χ4v) is 3.37. The zero-order chi connectivity index (χ0) is 20.8. The maximum Gasteiger partial charge on any atom is 0.166 e. The number of halogens is 4. The third-order valence-electron chi connectivity index (χ3n) is 4.15. The molecule has 152 valence electrons. The number of rotatable bonds is 8. The van der Waals surface area contributed by atoms with Gasteiger partial charge in [-0.05, 0) is 43.3 Å². The Morgan fingerprint density at radius 1 is 0.897 bits per heavy atom. The first-order valence-electron chi connectivity index (χ1n) is 8.98. The average molecular weight is 455 g/mol. The van der Waals surface area contributed by atoms with Crippen molar-refractivity contribution in [2.75, 3.05) is 11.9 Å². The van der Waals surface area contributed by atoms with E-state index >= 15 is 0 Å². The van der Waals surface area contributed by atoms with Gasteiger partial charge in [0.05, 0.1) is 11.6 Å². The van der Waals surface area contributed by atoms with Crippen molar-refractivity contribution >= 4 is 40.5 Å². The molecular weight excluding hydrogens is 436 g/mol. The number of para-hydroxylation sites is 1. The number of nitrogens with one attached hydrogen (secondary N) is 1.